The molecule has 0 fully saturated rings. The minimum Gasteiger partial charge on any atom is -0.352 e. The fourth-order valence-corrected chi connectivity index (χ4v) is 2.15. The monoisotopic (exact) mass is 277 g/mol. The predicted molar refractivity (Wildman–Crippen MR) is 78.2 cm³/mol. The standard InChI is InChI=1S/C13H19N5S/c1-10(2)14-6-11-4-5-13(17-16-11)18(3)7-12-8-19-9-15-12/h4-5,8-10,14H,6-7H2,1-3H3. The van der Waals surface area contributed by atoms with Gasteiger partial charge in [-0.25, -0.2) is 4.98 Å². The van der Waals surface area contributed by atoms with E-state index in [1.807, 2.05) is 35.0 Å². The SMILES string of the molecule is CC(C)NCc1ccc(N(C)Cc2cscn2)nn1. The zero-order valence-electron chi connectivity index (χ0n) is 11.5. The quantitative estimate of drug-likeness (QED) is 0.876. The van der Waals surface area contributed by atoms with Crippen LogP contribution in [-0.2, 0) is 13.1 Å². The van der Waals surface area contributed by atoms with E-state index < -0.39 is 0 Å². The summed E-state index contributed by atoms with van der Waals surface area (Å²) in [4.78, 5) is 6.31. The summed E-state index contributed by atoms with van der Waals surface area (Å²) in [6.07, 6.45) is 0. The van der Waals surface area contributed by atoms with E-state index in [9.17, 15) is 0 Å². The van der Waals surface area contributed by atoms with Crippen LogP contribution in [0.1, 0.15) is 25.2 Å². The van der Waals surface area contributed by atoms with Crippen LogP contribution in [0.3, 0.4) is 0 Å². The number of anilines is 1. The summed E-state index contributed by atoms with van der Waals surface area (Å²) in [6, 6.07) is 4.46. The van der Waals surface area contributed by atoms with Gasteiger partial charge < -0.3 is 10.2 Å². The average molecular weight is 277 g/mol. The van der Waals surface area contributed by atoms with Crippen molar-refractivity contribution < 1.29 is 0 Å². The molecule has 1 N–H and O–H groups in total. The molecular weight excluding hydrogens is 258 g/mol. The average Bonchev–Trinajstić information content (AvgIpc) is 2.89. The molecule has 0 atom stereocenters. The van der Waals surface area contributed by atoms with Crippen LogP contribution in [0, 0.1) is 0 Å². The van der Waals surface area contributed by atoms with Crippen LogP contribution in [-0.4, -0.2) is 28.3 Å². The number of hydrogen-bond acceptors (Lipinski definition) is 6. The Balaban J connectivity index is 1.93. The van der Waals surface area contributed by atoms with Gasteiger partial charge >= 0.3 is 0 Å². The maximum absolute atomic E-state index is 4.27. The second-order valence-electron chi connectivity index (χ2n) is 4.75. The van der Waals surface area contributed by atoms with Crippen molar-refractivity contribution in [2.24, 2.45) is 0 Å². The van der Waals surface area contributed by atoms with Crippen molar-refractivity contribution in [1.29, 1.82) is 0 Å². The maximum atomic E-state index is 4.27. The number of nitrogens with zero attached hydrogens (tertiary/aromatic N) is 4. The van der Waals surface area contributed by atoms with Gasteiger partial charge in [0, 0.05) is 25.0 Å². The first-order valence-electron chi connectivity index (χ1n) is 6.29. The van der Waals surface area contributed by atoms with Crippen LogP contribution >= 0.6 is 11.3 Å². The normalized spacial score (nSPS) is 10.9. The molecule has 0 bridgehead atoms. The molecule has 0 saturated heterocycles. The fraction of sp³-hybridized carbons (Fsp3) is 0.462. The van der Waals surface area contributed by atoms with Gasteiger partial charge in [0.2, 0.25) is 0 Å². The van der Waals surface area contributed by atoms with Gasteiger partial charge in [0.05, 0.1) is 23.4 Å². The number of hydrogen-bond donors (Lipinski definition) is 1. The molecule has 0 amide bonds. The Labute approximate surface area is 117 Å². The summed E-state index contributed by atoms with van der Waals surface area (Å²) in [6.45, 7) is 5.73. The molecule has 2 aromatic rings. The van der Waals surface area contributed by atoms with Crippen LogP contribution in [0.5, 0.6) is 0 Å². The Morgan fingerprint density at radius 3 is 2.68 bits per heavy atom. The first-order valence-corrected chi connectivity index (χ1v) is 7.23. The highest BCUT2D eigenvalue weighted by molar-refractivity contribution is 7.07. The van der Waals surface area contributed by atoms with Gasteiger partial charge in [0.15, 0.2) is 5.82 Å². The Morgan fingerprint density at radius 2 is 2.11 bits per heavy atom. The largest absolute Gasteiger partial charge is 0.352 e. The van der Waals surface area contributed by atoms with Gasteiger partial charge in [-0.3, -0.25) is 0 Å². The lowest BCUT2D eigenvalue weighted by atomic mass is 10.3. The summed E-state index contributed by atoms with van der Waals surface area (Å²) in [5, 5.41) is 13.8. The molecule has 2 heterocycles. The van der Waals surface area contributed by atoms with E-state index in [-0.39, 0.29) is 0 Å². The minimum absolute atomic E-state index is 0.453. The Hall–Kier alpha value is -1.53. The third-order valence-corrected chi connectivity index (χ3v) is 3.31. The van der Waals surface area contributed by atoms with Crippen LogP contribution in [0.4, 0.5) is 5.82 Å². The fourth-order valence-electron chi connectivity index (χ4n) is 1.60. The molecule has 0 aliphatic rings. The molecule has 0 unspecified atom stereocenters. The van der Waals surface area contributed by atoms with Crippen molar-refractivity contribution >= 4 is 17.2 Å². The maximum Gasteiger partial charge on any atom is 0.151 e. The molecule has 6 heteroatoms. The molecule has 2 aromatic heterocycles. The van der Waals surface area contributed by atoms with E-state index >= 15 is 0 Å². The summed E-state index contributed by atoms with van der Waals surface area (Å²) >= 11 is 1.61. The summed E-state index contributed by atoms with van der Waals surface area (Å²) in [5.74, 6) is 0.862. The smallest absolute Gasteiger partial charge is 0.151 e. The highest BCUT2D eigenvalue weighted by Gasteiger charge is 2.06. The van der Waals surface area contributed by atoms with E-state index in [4.69, 9.17) is 0 Å². The van der Waals surface area contributed by atoms with Crippen molar-refractivity contribution in [2.75, 3.05) is 11.9 Å². The van der Waals surface area contributed by atoms with Gasteiger partial charge in [-0.1, -0.05) is 13.8 Å². The Morgan fingerprint density at radius 1 is 1.26 bits per heavy atom. The lowest BCUT2D eigenvalue weighted by molar-refractivity contribution is 0.577. The molecule has 0 radical (unpaired) electrons. The second-order valence-corrected chi connectivity index (χ2v) is 5.47. The Kier molecular flexibility index (Phi) is 4.81. The molecule has 102 valence electrons. The first kappa shape index (κ1) is 13.9. The van der Waals surface area contributed by atoms with E-state index in [1.165, 1.54) is 0 Å². The van der Waals surface area contributed by atoms with Gasteiger partial charge in [-0.05, 0) is 12.1 Å². The highest BCUT2D eigenvalue weighted by Crippen LogP contribution is 2.12. The lowest BCUT2D eigenvalue weighted by Gasteiger charge is -2.16. The number of thiazole rings is 1. The second kappa shape index (κ2) is 6.58. The Bertz CT molecular complexity index is 480. The molecule has 0 spiro atoms. The molecule has 0 aliphatic heterocycles. The van der Waals surface area contributed by atoms with Crippen molar-refractivity contribution in [3.63, 3.8) is 0 Å². The minimum atomic E-state index is 0.453. The number of rotatable bonds is 6. The van der Waals surface area contributed by atoms with E-state index in [0.29, 0.717) is 6.04 Å². The topological polar surface area (TPSA) is 53.9 Å². The van der Waals surface area contributed by atoms with Gasteiger partial charge in [-0.2, -0.15) is 5.10 Å². The molecule has 0 aromatic carbocycles. The molecule has 19 heavy (non-hydrogen) atoms. The van der Waals surface area contributed by atoms with E-state index in [2.05, 4.69) is 34.3 Å². The van der Waals surface area contributed by atoms with Crippen molar-refractivity contribution in [2.45, 2.75) is 33.0 Å². The van der Waals surface area contributed by atoms with Crippen molar-refractivity contribution in [1.82, 2.24) is 20.5 Å². The van der Waals surface area contributed by atoms with E-state index in [1.54, 1.807) is 11.3 Å². The molecule has 0 aliphatic carbocycles. The summed E-state index contributed by atoms with van der Waals surface area (Å²) in [7, 11) is 2.00. The van der Waals surface area contributed by atoms with Crippen LogP contribution in [0.15, 0.2) is 23.0 Å². The zero-order chi connectivity index (χ0) is 13.7. The molecular formula is C13H19N5S. The van der Waals surface area contributed by atoms with E-state index in [0.717, 1.165) is 30.3 Å². The molecule has 2 rings (SSSR count). The van der Waals surface area contributed by atoms with Crippen LogP contribution < -0.4 is 10.2 Å². The molecule has 0 saturated carbocycles. The third-order valence-electron chi connectivity index (χ3n) is 2.67. The van der Waals surface area contributed by atoms with Gasteiger partial charge in [0.25, 0.3) is 0 Å². The van der Waals surface area contributed by atoms with Crippen LogP contribution in [0.2, 0.25) is 0 Å². The number of nitrogens with one attached hydrogen (secondary N) is 1. The van der Waals surface area contributed by atoms with Crippen molar-refractivity contribution in [3.05, 3.63) is 34.4 Å². The first-order chi connectivity index (χ1) is 9.15. The van der Waals surface area contributed by atoms with Gasteiger partial charge in [-0.15, -0.1) is 16.4 Å². The van der Waals surface area contributed by atoms with Crippen molar-refractivity contribution in [3.8, 4) is 0 Å². The highest BCUT2D eigenvalue weighted by atomic mass is 32.1. The summed E-state index contributed by atoms with van der Waals surface area (Å²) < 4.78 is 0. The number of aromatic nitrogens is 3. The van der Waals surface area contributed by atoms with Gasteiger partial charge in [0.1, 0.15) is 0 Å². The summed E-state index contributed by atoms with van der Waals surface area (Å²) in [5.41, 5.74) is 3.86. The third kappa shape index (κ3) is 4.25. The zero-order valence-corrected chi connectivity index (χ0v) is 12.3. The van der Waals surface area contributed by atoms with Crippen LogP contribution in [0.25, 0.3) is 0 Å². The lowest BCUT2D eigenvalue weighted by Crippen LogP contribution is -2.23. The predicted octanol–water partition coefficient (Wildman–Crippen LogP) is 2.07. The molecule has 5 nitrogen and oxygen atoms in total.